The number of ether oxygens (including phenoxy) is 1. The van der Waals surface area contributed by atoms with E-state index in [2.05, 4.69) is 47.5 Å². The molecule has 0 bridgehead atoms. The number of carbonyl (C=O) groups is 2. The average Bonchev–Trinajstić information content (AvgIpc) is 3.64. The Bertz CT molecular complexity index is 1700. The molecule has 5 rings (SSSR count). The number of nitrogens with zero attached hydrogens (tertiary/aromatic N) is 5. The van der Waals surface area contributed by atoms with E-state index in [1.54, 1.807) is 58.4 Å². The van der Waals surface area contributed by atoms with Crippen molar-refractivity contribution in [1.29, 1.82) is 0 Å². The first-order valence-electron chi connectivity index (χ1n) is 11.2. The van der Waals surface area contributed by atoms with Gasteiger partial charge in [-0.3, -0.25) is 4.79 Å². The van der Waals surface area contributed by atoms with Crippen molar-refractivity contribution in [1.82, 2.24) is 24.2 Å². The van der Waals surface area contributed by atoms with Gasteiger partial charge in [0.2, 0.25) is 5.89 Å². The minimum atomic E-state index is -1.09. The maximum absolute atomic E-state index is 11.9. The van der Waals surface area contributed by atoms with E-state index < -0.39 is 17.5 Å². The van der Waals surface area contributed by atoms with Gasteiger partial charge in [-0.05, 0) is 61.2 Å². The summed E-state index contributed by atoms with van der Waals surface area (Å²) in [5, 5.41) is 19.6. The van der Waals surface area contributed by atoms with E-state index in [4.69, 9.17) is 18.8 Å². The average molecular weight is 611 g/mol. The standard InChI is InChI=1S/C11H9N3O3S.C11H7N3O2S.C2H6O.2CO/c1-6-9(18-14-13-6)10(15)12-8-5-3-2-4-7(8)11(16)17;1-6-9(17-14-13-6)10-12-8-5-3-2-4-7(8)11(15)16-10;1-3-2;2*1-2/h2-5H,1H3,(H,12,15)(H,16,17);2-5H,1H3;1-2H3;;. The van der Waals surface area contributed by atoms with E-state index >= 15 is 0 Å². The molecule has 42 heavy (non-hydrogen) atoms. The summed E-state index contributed by atoms with van der Waals surface area (Å²) in [5.74, 6) is -1.22. The topological polar surface area (TPSA) is 210 Å². The Morgan fingerprint density at radius 1 is 0.929 bits per heavy atom. The van der Waals surface area contributed by atoms with Crippen LogP contribution in [0.5, 0.6) is 0 Å². The number of fused-ring (bicyclic) bond motifs is 1. The predicted octanol–water partition coefficient (Wildman–Crippen LogP) is 4.00. The molecular formula is C26H22N6O8S2. The molecule has 0 fully saturated rings. The van der Waals surface area contributed by atoms with Crippen molar-refractivity contribution in [3.63, 3.8) is 0 Å². The summed E-state index contributed by atoms with van der Waals surface area (Å²) in [6.45, 7) is 12.5. The number of carboxylic acid groups (broad SMARTS) is 1. The number of carbonyl (C=O) groups excluding carboxylic acids is 1. The van der Waals surface area contributed by atoms with Gasteiger partial charge in [0.15, 0.2) is 0 Å². The van der Waals surface area contributed by atoms with Crippen molar-refractivity contribution < 1.29 is 33.2 Å². The zero-order chi connectivity index (χ0) is 31.7. The number of rotatable bonds is 4. The summed E-state index contributed by atoms with van der Waals surface area (Å²) in [6, 6.07) is 13.3. The Labute approximate surface area is 246 Å². The van der Waals surface area contributed by atoms with E-state index in [0.717, 1.165) is 23.1 Å². The van der Waals surface area contributed by atoms with Gasteiger partial charge < -0.3 is 19.6 Å². The minimum absolute atomic E-state index is 0.0426. The fraction of sp³-hybridized carbons (Fsp3) is 0.154. The van der Waals surface area contributed by atoms with Crippen LogP contribution in [0.15, 0.2) is 57.7 Å². The summed E-state index contributed by atoms with van der Waals surface area (Å²) in [5.41, 5.74) is 1.75. The number of aromatic nitrogens is 5. The maximum atomic E-state index is 11.9. The van der Waals surface area contributed by atoms with Crippen LogP contribution in [0.3, 0.4) is 0 Å². The molecule has 5 aromatic rings. The van der Waals surface area contributed by atoms with Crippen LogP contribution < -0.4 is 10.9 Å². The van der Waals surface area contributed by atoms with Gasteiger partial charge in [-0.1, -0.05) is 33.2 Å². The second kappa shape index (κ2) is 18.4. The summed E-state index contributed by atoms with van der Waals surface area (Å²) in [7, 11) is 3.25. The van der Waals surface area contributed by atoms with Gasteiger partial charge in [-0.15, -0.1) is 10.2 Å². The molecule has 0 spiro atoms. The SMILES string of the molecule is COC.Cc1nnsc1-c1nc2ccccc2c(=O)o1.Cc1nnsc1C(=O)Nc1ccccc1C(=O)O.[C-]#[O+].[C-]#[O+]. The fourth-order valence-corrected chi connectivity index (χ4v) is 4.08. The zero-order valence-electron chi connectivity index (χ0n) is 22.5. The number of aromatic carboxylic acids is 1. The molecule has 3 aromatic heterocycles. The molecular weight excluding hydrogens is 588 g/mol. The van der Waals surface area contributed by atoms with Crippen LogP contribution in [0.4, 0.5) is 5.69 Å². The van der Waals surface area contributed by atoms with Crippen LogP contribution in [0.1, 0.15) is 31.4 Å². The molecule has 0 saturated heterocycles. The second-order valence-electron chi connectivity index (χ2n) is 7.41. The number of hydrogen-bond acceptors (Lipinski definition) is 12. The van der Waals surface area contributed by atoms with E-state index in [9.17, 15) is 14.4 Å². The molecule has 16 heteroatoms. The summed E-state index contributed by atoms with van der Waals surface area (Å²) in [6.07, 6.45) is 0. The molecule has 2 aromatic carbocycles. The van der Waals surface area contributed by atoms with Gasteiger partial charge >= 0.3 is 34.2 Å². The molecule has 0 saturated carbocycles. The van der Waals surface area contributed by atoms with Crippen LogP contribution in [0.2, 0.25) is 0 Å². The van der Waals surface area contributed by atoms with E-state index in [1.165, 1.54) is 12.1 Å². The van der Waals surface area contributed by atoms with Crippen LogP contribution in [-0.2, 0) is 14.0 Å². The Morgan fingerprint density at radius 2 is 1.50 bits per heavy atom. The number of aryl methyl sites for hydroxylation is 2. The third kappa shape index (κ3) is 9.62. The number of para-hydroxylation sites is 2. The van der Waals surface area contributed by atoms with E-state index in [-0.39, 0.29) is 17.1 Å². The molecule has 216 valence electrons. The van der Waals surface area contributed by atoms with Crippen LogP contribution in [0.25, 0.3) is 21.7 Å². The number of benzene rings is 2. The molecule has 0 unspecified atom stereocenters. The number of amides is 1. The molecule has 3 heterocycles. The fourth-order valence-electron chi connectivity index (χ4n) is 2.94. The molecule has 1 amide bonds. The Kier molecular flexibility index (Phi) is 15.4. The third-order valence-electron chi connectivity index (χ3n) is 4.64. The van der Waals surface area contributed by atoms with Gasteiger partial charge in [0, 0.05) is 14.2 Å². The molecule has 0 radical (unpaired) electrons. The predicted molar refractivity (Wildman–Crippen MR) is 151 cm³/mol. The Balaban J connectivity index is 0.000000347. The normalized spacial score (nSPS) is 9.24. The van der Waals surface area contributed by atoms with Crippen molar-refractivity contribution in [2.75, 3.05) is 19.5 Å². The van der Waals surface area contributed by atoms with E-state index in [1.807, 2.05) is 6.07 Å². The first kappa shape index (κ1) is 35.1. The van der Waals surface area contributed by atoms with Crippen molar-refractivity contribution in [2.24, 2.45) is 0 Å². The molecule has 0 aliphatic carbocycles. The van der Waals surface area contributed by atoms with Crippen LogP contribution in [-0.4, -0.2) is 55.4 Å². The first-order chi connectivity index (χ1) is 20.3. The van der Waals surface area contributed by atoms with Gasteiger partial charge in [-0.25, -0.2) is 14.6 Å². The zero-order valence-corrected chi connectivity index (χ0v) is 24.1. The van der Waals surface area contributed by atoms with Gasteiger partial charge in [0.25, 0.3) is 5.91 Å². The van der Waals surface area contributed by atoms with Gasteiger partial charge in [0.05, 0.1) is 33.5 Å². The van der Waals surface area contributed by atoms with Crippen LogP contribution in [0, 0.1) is 27.1 Å². The van der Waals surface area contributed by atoms with Crippen molar-refractivity contribution in [2.45, 2.75) is 13.8 Å². The third-order valence-corrected chi connectivity index (χ3v) is 6.29. The number of carboxylic acids is 1. The number of hydrogen-bond donors (Lipinski definition) is 2. The Morgan fingerprint density at radius 3 is 2.07 bits per heavy atom. The quantitative estimate of drug-likeness (QED) is 0.219. The van der Waals surface area contributed by atoms with Crippen molar-refractivity contribution in [3.05, 3.63) is 94.1 Å². The molecule has 0 atom stereocenters. The molecule has 0 aliphatic rings. The summed E-state index contributed by atoms with van der Waals surface area (Å²) < 4.78 is 31.9. The van der Waals surface area contributed by atoms with Gasteiger partial charge in [0.1, 0.15) is 9.75 Å². The van der Waals surface area contributed by atoms with Crippen molar-refractivity contribution in [3.8, 4) is 10.8 Å². The van der Waals surface area contributed by atoms with E-state index in [0.29, 0.717) is 32.0 Å². The monoisotopic (exact) mass is 610 g/mol. The molecule has 2 N–H and O–H groups in total. The summed E-state index contributed by atoms with van der Waals surface area (Å²) in [4.78, 5) is 40.0. The van der Waals surface area contributed by atoms with Gasteiger partial charge in [-0.2, -0.15) is 0 Å². The number of nitrogens with one attached hydrogen (secondary N) is 1. The molecule has 14 nitrogen and oxygen atoms in total. The molecule has 0 aliphatic heterocycles. The second-order valence-corrected chi connectivity index (χ2v) is 8.92. The number of methoxy groups -OCH3 is 1. The first-order valence-corrected chi connectivity index (χ1v) is 12.7. The summed E-state index contributed by atoms with van der Waals surface area (Å²) >= 11 is 2.13. The Hall–Kier alpha value is -4.92. The number of anilines is 1. The van der Waals surface area contributed by atoms with Crippen molar-refractivity contribution >= 4 is 51.5 Å². The van der Waals surface area contributed by atoms with Crippen LogP contribution >= 0.6 is 23.1 Å².